The lowest BCUT2D eigenvalue weighted by Gasteiger charge is -2.07. The first-order valence-corrected chi connectivity index (χ1v) is 10.1. The zero-order chi connectivity index (χ0) is 20.9. The highest BCUT2D eigenvalue weighted by molar-refractivity contribution is 7.99. The van der Waals surface area contributed by atoms with Crippen molar-refractivity contribution in [1.29, 1.82) is 0 Å². The fourth-order valence-corrected chi connectivity index (χ4v) is 3.49. The van der Waals surface area contributed by atoms with Crippen molar-refractivity contribution in [3.8, 4) is 22.8 Å². The molecule has 9 heteroatoms. The van der Waals surface area contributed by atoms with Gasteiger partial charge in [-0.1, -0.05) is 17.8 Å². The summed E-state index contributed by atoms with van der Waals surface area (Å²) in [5.74, 6) is 1.48. The Labute approximate surface area is 177 Å². The summed E-state index contributed by atoms with van der Waals surface area (Å²) in [6, 6.07) is 18.6. The van der Waals surface area contributed by atoms with Crippen LogP contribution in [0.5, 0.6) is 11.5 Å². The minimum atomic E-state index is -0.156. The molecule has 4 rings (SSSR count). The van der Waals surface area contributed by atoms with Crippen LogP contribution in [0.1, 0.15) is 0 Å². The van der Waals surface area contributed by atoms with Crippen LogP contribution in [0.3, 0.4) is 0 Å². The Hall–Kier alpha value is -3.59. The highest BCUT2D eigenvalue weighted by Gasteiger charge is 2.12. The van der Waals surface area contributed by atoms with Crippen molar-refractivity contribution >= 4 is 29.0 Å². The van der Waals surface area contributed by atoms with Crippen LogP contribution in [0.25, 0.3) is 16.9 Å². The predicted octanol–water partition coefficient (Wildman–Crippen LogP) is 3.54. The zero-order valence-electron chi connectivity index (χ0n) is 16.4. The molecule has 0 bridgehead atoms. The highest BCUT2D eigenvalue weighted by Crippen LogP contribution is 2.23. The van der Waals surface area contributed by atoms with E-state index in [2.05, 4.69) is 20.6 Å². The molecule has 0 atom stereocenters. The number of amides is 1. The molecule has 0 unspecified atom stereocenters. The van der Waals surface area contributed by atoms with E-state index in [1.807, 2.05) is 48.5 Å². The number of benzene rings is 2. The fraction of sp³-hybridized carbons (Fsp3) is 0.143. The average Bonchev–Trinajstić information content (AvgIpc) is 3.20. The van der Waals surface area contributed by atoms with E-state index >= 15 is 0 Å². The first-order valence-electron chi connectivity index (χ1n) is 9.10. The molecule has 0 fully saturated rings. The molecule has 0 aliphatic carbocycles. The van der Waals surface area contributed by atoms with Crippen molar-refractivity contribution in [2.75, 3.05) is 25.3 Å². The first-order chi connectivity index (χ1) is 14.7. The predicted molar refractivity (Wildman–Crippen MR) is 115 cm³/mol. The van der Waals surface area contributed by atoms with E-state index in [0.717, 1.165) is 17.0 Å². The normalized spacial score (nSPS) is 10.7. The quantitative estimate of drug-likeness (QED) is 0.457. The van der Waals surface area contributed by atoms with Gasteiger partial charge >= 0.3 is 0 Å². The van der Waals surface area contributed by atoms with E-state index in [1.54, 1.807) is 30.9 Å². The molecule has 1 N–H and O–H groups in total. The molecular weight excluding hydrogens is 402 g/mol. The number of nitrogens with one attached hydrogen (secondary N) is 1. The van der Waals surface area contributed by atoms with Gasteiger partial charge in [0.15, 0.2) is 5.65 Å². The van der Waals surface area contributed by atoms with Crippen LogP contribution >= 0.6 is 11.8 Å². The third-order valence-electron chi connectivity index (χ3n) is 4.31. The number of aromatic nitrogens is 4. The zero-order valence-corrected chi connectivity index (χ0v) is 17.2. The smallest absolute Gasteiger partial charge is 0.234 e. The Bertz CT molecular complexity index is 1180. The number of carbonyl (C=O) groups excluding carboxylic acids is 1. The molecule has 30 heavy (non-hydrogen) atoms. The summed E-state index contributed by atoms with van der Waals surface area (Å²) < 4.78 is 12.0. The third-order valence-corrected chi connectivity index (χ3v) is 5.23. The summed E-state index contributed by atoms with van der Waals surface area (Å²) >= 11 is 1.27. The van der Waals surface area contributed by atoms with Crippen LogP contribution in [-0.4, -0.2) is 45.7 Å². The van der Waals surface area contributed by atoms with Gasteiger partial charge in [0, 0.05) is 17.3 Å². The van der Waals surface area contributed by atoms with Crippen LogP contribution in [0.2, 0.25) is 0 Å². The monoisotopic (exact) mass is 421 g/mol. The van der Waals surface area contributed by atoms with E-state index in [4.69, 9.17) is 9.47 Å². The number of nitrogens with zero attached hydrogens (tertiary/aromatic N) is 4. The van der Waals surface area contributed by atoms with Crippen molar-refractivity contribution < 1.29 is 14.3 Å². The number of fused-ring (bicyclic) bond motifs is 1. The van der Waals surface area contributed by atoms with Crippen molar-refractivity contribution in [1.82, 2.24) is 19.8 Å². The van der Waals surface area contributed by atoms with E-state index in [0.29, 0.717) is 22.2 Å². The second kappa shape index (κ2) is 8.83. The lowest BCUT2D eigenvalue weighted by atomic mass is 10.1. The van der Waals surface area contributed by atoms with Crippen LogP contribution in [0.4, 0.5) is 5.69 Å². The van der Waals surface area contributed by atoms with Gasteiger partial charge in [-0.15, -0.1) is 10.2 Å². The maximum Gasteiger partial charge on any atom is 0.234 e. The Morgan fingerprint density at radius 2 is 1.80 bits per heavy atom. The Morgan fingerprint density at radius 3 is 2.57 bits per heavy atom. The summed E-state index contributed by atoms with van der Waals surface area (Å²) in [4.78, 5) is 12.3. The van der Waals surface area contributed by atoms with Gasteiger partial charge in [0.2, 0.25) is 11.1 Å². The number of ether oxygens (including phenoxy) is 2. The average molecular weight is 421 g/mol. The van der Waals surface area contributed by atoms with E-state index < -0.39 is 0 Å². The summed E-state index contributed by atoms with van der Waals surface area (Å²) in [7, 11) is 3.21. The SMILES string of the molecule is COc1ccc(-c2ccc3nnc(SCC(=O)Nc4cccc(OC)c4)n3n2)cc1. The second-order valence-electron chi connectivity index (χ2n) is 6.27. The van der Waals surface area contributed by atoms with Crippen LogP contribution in [0.15, 0.2) is 65.8 Å². The van der Waals surface area contributed by atoms with Crippen LogP contribution in [0, 0.1) is 0 Å². The molecule has 0 spiro atoms. The molecule has 2 aromatic carbocycles. The number of hydrogen-bond donors (Lipinski definition) is 1. The molecule has 0 saturated carbocycles. The first kappa shape index (κ1) is 19.7. The molecule has 0 saturated heterocycles. The van der Waals surface area contributed by atoms with Gasteiger partial charge in [-0.25, -0.2) is 0 Å². The third kappa shape index (κ3) is 4.36. The highest BCUT2D eigenvalue weighted by atomic mass is 32.2. The summed E-state index contributed by atoms with van der Waals surface area (Å²) in [5.41, 5.74) is 3.00. The standard InChI is InChI=1S/C21H19N5O3S/c1-28-16-8-6-14(7-9-16)18-10-11-19-23-24-21(26(19)25-18)30-13-20(27)22-15-4-3-5-17(12-15)29-2/h3-12H,13H2,1-2H3,(H,22,27). The van der Waals surface area contributed by atoms with Gasteiger partial charge in [-0.05, 0) is 48.5 Å². The molecule has 0 aliphatic rings. The van der Waals surface area contributed by atoms with Gasteiger partial charge in [0.1, 0.15) is 11.5 Å². The molecule has 4 aromatic rings. The minimum Gasteiger partial charge on any atom is -0.497 e. The molecule has 8 nitrogen and oxygen atoms in total. The number of thioether (sulfide) groups is 1. The number of rotatable bonds is 7. The van der Waals surface area contributed by atoms with Gasteiger partial charge < -0.3 is 14.8 Å². The summed E-state index contributed by atoms with van der Waals surface area (Å²) in [6.07, 6.45) is 0. The van der Waals surface area contributed by atoms with E-state index in [1.165, 1.54) is 11.8 Å². The maximum atomic E-state index is 12.3. The number of methoxy groups -OCH3 is 2. The van der Waals surface area contributed by atoms with Crippen molar-refractivity contribution in [3.05, 3.63) is 60.7 Å². The maximum absolute atomic E-state index is 12.3. The largest absolute Gasteiger partial charge is 0.497 e. The molecule has 0 radical (unpaired) electrons. The van der Waals surface area contributed by atoms with Gasteiger partial charge in [-0.3, -0.25) is 4.79 Å². The van der Waals surface area contributed by atoms with Gasteiger partial charge in [-0.2, -0.15) is 9.61 Å². The number of anilines is 1. The lowest BCUT2D eigenvalue weighted by Crippen LogP contribution is -2.14. The lowest BCUT2D eigenvalue weighted by molar-refractivity contribution is -0.113. The minimum absolute atomic E-state index is 0.156. The Morgan fingerprint density at radius 1 is 1.00 bits per heavy atom. The molecule has 1 amide bonds. The Balaban J connectivity index is 1.47. The Kier molecular flexibility index (Phi) is 5.80. The van der Waals surface area contributed by atoms with E-state index in [9.17, 15) is 4.79 Å². The molecule has 0 aliphatic heterocycles. The fourth-order valence-electron chi connectivity index (χ4n) is 2.80. The van der Waals surface area contributed by atoms with Crippen molar-refractivity contribution in [3.63, 3.8) is 0 Å². The topological polar surface area (TPSA) is 90.6 Å². The second-order valence-corrected chi connectivity index (χ2v) is 7.21. The molecular formula is C21H19N5O3S. The molecule has 152 valence electrons. The number of hydrogen-bond acceptors (Lipinski definition) is 7. The van der Waals surface area contributed by atoms with Crippen molar-refractivity contribution in [2.45, 2.75) is 5.16 Å². The van der Waals surface area contributed by atoms with Gasteiger partial charge in [0.05, 0.1) is 25.7 Å². The van der Waals surface area contributed by atoms with E-state index in [-0.39, 0.29) is 11.7 Å². The van der Waals surface area contributed by atoms with Crippen LogP contribution < -0.4 is 14.8 Å². The number of carbonyl (C=O) groups is 1. The van der Waals surface area contributed by atoms with Crippen molar-refractivity contribution in [2.24, 2.45) is 0 Å². The molecule has 2 aromatic heterocycles. The van der Waals surface area contributed by atoms with Crippen LogP contribution in [-0.2, 0) is 4.79 Å². The molecule has 2 heterocycles. The summed E-state index contributed by atoms with van der Waals surface area (Å²) in [6.45, 7) is 0. The van der Waals surface area contributed by atoms with Gasteiger partial charge in [0.25, 0.3) is 0 Å². The summed E-state index contributed by atoms with van der Waals surface area (Å²) in [5, 5.41) is 16.3.